The number of aromatic carboxylic acids is 1. The van der Waals surface area contributed by atoms with Crippen LogP contribution in [0.1, 0.15) is 54.9 Å². The predicted molar refractivity (Wildman–Crippen MR) is 84.8 cm³/mol. The Labute approximate surface area is 131 Å². The minimum atomic E-state index is -0.944. The highest BCUT2D eigenvalue weighted by Gasteiger charge is 2.27. The SMILES string of the molecule is CCCC(NC(=O)NCc1ccc(C(=O)O)cc1)C1CCC1. The molecule has 5 nitrogen and oxygen atoms in total. The second-order valence-electron chi connectivity index (χ2n) is 5.92. The highest BCUT2D eigenvalue weighted by atomic mass is 16.4. The van der Waals surface area contributed by atoms with Gasteiger partial charge < -0.3 is 15.7 Å². The molecule has 0 aromatic heterocycles. The van der Waals surface area contributed by atoms with Crippen molar-refractivity contribution in [3.63, 3.8) is 0 Å². The van der Waals surface area contributed by atoms with Gasteiger partial charge >= 0.3 is 12.0 Å². The first kappa shape index (κ1) is 16.3. The molecule has 22 heavy (non-hydrogen) atoms. The van der Waals surface area contributed by atoms with Crippen molar-refractivity contribution in [2.45, 2.75) is 51.6 Å². The van der Waals surface area contributed by atoms with Crippen LogP contribution >= 0.6 is 0 Å². The quantitative estimate of drug-likeness (QED) is 0.724. The Kier molecular flexibility index (Phi) is 5.81. The molecule has 1 aliphatic carbocycles. The van der Waals surface area contributed by atoms with Crippen LogP contribution in [-0.2, 0) is 6.54 Å². The molecule has 0 bridgehead atoms. The van der Waals surface area contributed by atoms with Crippen molar-refractivity contribution < 1.29 is 14.7 Å². The number of benzene rings is 1. The molecule has 0 spiro atoms. The van der Waals surface area contributed by atoms with Gasteiger partial charge in [-0.25, -0.2) is 9.59 Å². The lowest BCUT2D eigenvalue weighted by Crippen LogP contribution is -2.47. The molecule has 3 N–H and O–H groups in total. The second kappa shape index (κ2) is 7.82. The van der Waals surface area contributed by atoms with E-state index in [-0.39, 0.29) is 17.6 Å². The second-order valence-corrected chi connectivity index (χ2v) is 5.92. The minimum absolute atomic E-state index is 0.146. The highest BCUT2D eigenvalue weighted by molar-refractivity contribution is 5.87. The van der Waals surface area contributed by atoms with Crippen molar-refractivity contribution in [1.29, 1.82) is 0 Å². The van der Waals surface area contributed by atoms with Gasteiger partial charge in [0.2, 0.25) is 0 Å². The van der Waals surface area contributed by atoms with E-state index in [9.17, 15) is 9.59 Å². The van der Waals surface area contributed by atoms with E-state index in [1.807, 2.05) is 0 Å². The molecule has 2 rings (SSSR count). The molecule has 0 radical (unpaired) electrons. The summed E-state index contributed by atoms with van der Waals surface area (Å²) in [5.74, 6) is -0.319. The summed E-state index contributed by atoms with van der Waals surface area (Å²) in [5.41, 5.74) is 1.14. The summed E-state index contributed by atoms with van der Waals surface area (Å²) in [6, 6.07) is 6.66. The molecule has 2 amide bonds. The maximum Gasteiger partial charge on any atom is 0.335 e. The fraction of sp³-hybridized carbons (Fsp3) is 0.529. The van der Waals surface area contributed by atoms with Gasteiger partial charge in [-0.1, -0.05) is 31.9 Å². The number of carbonyl (C=O) groups is 2. The lowest BCUT2D eigenvalue weighted by Gasteiger charge is -2.34. The smallest absolute Gasteiger partial charge is 0.335 e. The minimum Gasteiger partial charge on any atom is -0.478 e. The third kappa shape index (κ3) is 4.48. The van der Waals surface area contributed by atoms with Gasteiger partial charge in [-0.05, 0) is 42.9 Å². The number of amides is 2. The predicted octanol–water partition coefficient (Wildman–Crippen LogP) is 3.15. The number of urea groups is 1. The fourth-order valence-electron chi connectivity index (χ4n) is 2.75. The van der Waals surface area contributed by atoms with Crippen LogP contribution < -0.4 is 10.6 Å². The molecule has 5 heteroatoms. The number of nitrogens with one attached hydrogen (secondary N) is 2. The van der Waals surface area contributed by atoms with Gasteiger partial charge in [-0.2, -0.15) is 0 Å². The summed E-state index contributed by atoms with van der Waals surface area (Å²) in [6.07, 6.45) is 5.77. The normalized spacial score (nSPS) is 15.7. The van der Waals surface area contributed by atoms with Gasteiger partial charge in [0.05, 0.1) is 5.56 Å². The molecule has 1 aliphatic rings. The fourth-order valence-corrected chi connectivity index (χ4v) is 2.75. The topological polar surface area (TPSA) is 78.4 Å². The maximum absolute atomic E-state index is 12.0. The Morgan fingerprint density at radius 3 is 2.45 bits per heavy atom. The molecular formula is C17H24N2O3. The zero-order chi connectivity index (χ0) is 15.9. The van der Waals surface area contributed by atoms with Gasteiger partial charge in [0.1, 0.15) is 0 Å². The zero-order valence-electron chi connectivity index (χ0n) is 13.0. The van der Waals surface area contributed by atoms with E-state index in [1.54, 1.807) is 24.3 Å². The average molecular weight is 304 g/mol. The number of carbonyl (C=O) groups excluding carboxylic acids is 1. The summed E-state index contributed by atoms with van der Waals surface area (Å²) in [4.78, 5) is 22.8. The highest BCUT2D eigenvalue weighted by Crippen LogP contribution is 2.31. The Balaban J connectivity index is 1.79. The zero-order valence-corrected chi connectivity index (χ0v) is 13.0. The lowest BCUT2D eigenvalue weighted by molar-refractivity contribution is 0.0697. The Morgan fingerprint density at radius 1 is 1.27 bits per heavy atom. The number of rotatable bonds is 7. The van der Waals surface area contributed by atoms with E-state index < -0.39 is 5.97 Å². The van der Waals surface area contributed by atoms with E-state index >= 15 is 0 Å². The number of carboxylic acids is 1. The van der Waals surface area contributed by atoms with Crippen LogP contribution in [0, 0.1) is 5.92 Å². The van der Waals surface area contributed by atoms with Gasteiger partial charge in [-0.15, -0.1) is 0 Å². The van der Waals surface area contributed by atoms with Gasteiger partial charge in [0.15, 0.2) is 0 Å². The van der Waals surface area contributed by atoms with Crippen molar-refractivity contribution in [2.24, 2.45) is 5.92 Å². The maximum atomic E-state index is 12.0. The summed E-state index contributed by atoms with van der Waals surface area (Å²) < 4.78 is 0. The van der Waals surface area contributed by atoms with E-state index in [4.69, 9.17) is 5.11 Å². The van der Waals surface area contributed by atoms with Crippen LogP contribution in [0.4, 0.5) is 4.79 Å². The van der Waals surface area contributed by atoms with E-state index in [1.165, 1.54) is 19.3 Å². The van der Waals surface area contributed by atoms with Crippen molar-refractivity contribution in [3.8, 4) is 0 Å². The molecule has 0 aliphatic heterocycles. The molecule has 1 fully saturated rings. The Morgan fingerprint density at radius 2 is 1.95 bits per heavy atom. The molecule has 1 unspecified atom stereocenters. The van der Waals surface area contributed by atoms with Gasteiger partial charge in [0.25, 0.3) is 0 Å². The third-order valence-electron chi connectivity index (χ3n) is 4.29. The van der Waals surface area contributed by atoms with Crippen LogP contribution in [0.3, 0.4) is 0 Å². The van der Waals surface area contributed by atoms with E-state index in [2.05, 4.69) is 17.6 Å². The van der Waals surface area contributed by atoms with Crippen LogP contribution in [0.2, 0.25) is 0 Å². The number of hydrogen-bond donors (Lipinski definition) is 3. The summed E-state index contributed by atoms with van der Waals surface area (Å²) in [7, 11) is 0. The lowest BCUT2D eigenvalue weighted by atomic mass is 9.78. The van der Waals surface area contributed by atoms with Crippen LogP contribution in [0.25, 0.3) is 0 Å². The van der Waals surface area contributed by atoms with Crippen molar-refractivity contribution in [2.75, 3.05) is 0 Å². The summed E-state index contributed by atoms with van der Waals surface area (Å²) >= 11 is 0. The first-order valence-electron chi connectivity index (χ1n) is 7.96. The number of hydrogen-bond acceptors (Lipinski definition) is 2. The molecule has 1 aromatic carbocycles. The molecule has 120 valence electrons. The molecule has 1 aromatic rings. The van der Waals surface area contributed by atoms with Crippen LogP contribution in [0.15, 0.2) is 24.3 Å². The van der Waals surface area contributed by atoms with E-state index in [0.717, 1.165) is 18.4 Å². The van der Waals surface area contributed by atoms with Crippen LogP contribution in [-0.4, -0.2) is 23.1 Å². The van der Waals surface area contributed by atoms with Gasteiger partial charge in [-0.3, -0.25) is 0 Å². The molecule has 0 heterocycles. The Bertz CT molecular complexity index is 509. The van der Waals surface area contributed by atoms with E-state index in [0.29, 0.717) is 12.5 Å². The van der Waals surface area contributed by atoms with Crippen molar-refractivity contribution >= 4 is 12.0 Å². The van der Waals surface area contributed by atoms with Crippen molar-refractivity contribution in [1.82, 2.24) is 10.6 Å². The number of carboxylic acid groups (broad SMARTS) is 1. The van der Waals surface area contributed by atoms with Gasteiger partial charge in [0, 0.05) is 12.6 Å². The first-order chi connectivity index (χ1) is 10.6. The Hall–Kier alpha value is -2.04. The molecule has 1 atom stereocenters. The first-order valence-corrected chi connectivity index (χ1v) is 7.96. The molecular weight excluding hydrogens is 280 g/mol. The average Bonchev–Trinajstić information content (AvgIpc) is 2.44. The molecule has 1 saturated carbocycles. The molecule has 0 saturated heterocycles. The summed E-state index contributed by atoms with van der Waals surface area (Å²) in [6.45, 7) is 2.53. The van der Waals surface area contributed by atoms with Crippen LogP contribution in [0.5, 0.6) is 0 Å². The standard InChI is InChI=1S/C17H24N2O3/c1-2-4-15(13-5-3-6-13)19-17(22)18-11-12-7-9-14(10-8-12)16(20)21/h7-10,13,15H,2-6,11H2,1H3,(H,20,21)(H2,18,19,22). The summed E-state index contributed by atoms with van der Waals surface area (Å²) in [5, 5.41) is 14.8. The third-order valence-corrected chi connectivity index (χ3v) is 4.29. The monoisotopic (exact) mass is 304 g/mol. The van der Waals surface area contributed by atoms with Crippen molar-refractivity contribution in [3.05, 3.63) is 35.4 Å². The largest absolute Gasteiger partial charge is 0.478 e.